The Hall–Kier alpha value is -1.07. The number of unbranched alkanes of at least 4 members (excludes halogenated alkanes) is 1. The average molecular weight is 331 g/mol. The summed E-state index contributed by atoms with van der Waals surface area (Å²) in [4.78, 5) is 11.4. The number of hydrogen-bond acceptors (Lipinski definition) is 4. The van der Waals surface area contributed by atoms with Gasteiger partial charge in [-0.15, -0.1) is 0 Å². The van der Waals surface area contributed by atoms with Crippen LogP contribution in [-0.4, -0.2) is 24.3 Å². The average Bonchev–Trinajstić information content (AvgIpc) is 2.37. The van der Waals surface area contributed by atoms with Crippen LogP contribution in [0, 0.1) is 0 Å². The van der Waals surface area contributed by atoms with Crippen molar-refractivity contribution in [2.75, 3.05) is 13.2 Å². The van der Waals surface area contributed by atoms with Gasteiger partial charge in [0.25, 0.3) is 0 Å². The number of rotatable bonds is 7. The topological polar surface area (TPSA) is 55.8 Å². The summed E-state index contributed by atoms with van der Waals surface area (Å²) in [6.45, 7) is 3.95. The van der Waals surface area contributed by atoms with Crippen molar-refractivity contribution >= 4 is 21.9 Å². The molecule has 0 radical (unpaired) electrons. The molecule has 0 aliphatic rings. The van der Waals surface area contributed by atoms with E-state index in [0.717, 1.165) is 17.3 Å². The number of halogens is 1. The minimum atomic E-state index is -0.663. The standard InChI is InChI=1S/C14H19BrO4/c1-3-4-7-18-14(17)9-19-13-6-5-11(15)8-12(13)10(2)16/h5-6,8,10,16H,3-4,7,9H2,1-2H3/t10-/m0/s1. The quantitative estimate of drug-likeness (QED) is 0.616. The van der Waals surface area contributed by atoms with Crippen LogP contribution in [-0.2, 0) is 9.53 Å². The Bertz CT molecular complexity index is 418. The van der Waals surface area contributed by atoms with Gasteiger partial charge in [0.1, 0.15) is 5.75 Å². The molecule has 1 rings (SSSR count). The minimum absolute atomic E-state index is 0.148. The van der Waals surface area contributed by atoms with Crippen molar-refractivity contribution in [1.29, 1.82) is 0 Å². The van der Waals surface area contributed by atoms with Crippen LogP contribution in [0.4, 0.5) is 0 Å². The predicted octanol–water partition coefficient (Wildman–Crippen LogP) is 3.22. The molecule has 106 valence electrons. The van der Waals surface area contributed by atoms with Crippen LogP contribution in [0.3, 0.4) is 0 Å². The first-order chi connectivity index (χ1) is 9.04. The van der Waals surface area contributed by atoms with Crippen molar-refractivity contribution in [3.63, 3.8) is 0 Å². The van der Waals surface area contributed by atoms with Crippen molar-refractivity contribution in [1.82, 2.24) is 0 Å². The highest BCUT2D eigenvalue weighted by Crippen LogP contribution is 2.28. The maximum absolute atomic E-state index is 11.4. The molecule has 0 unspecified atom stereocenters. The Labute approximate surface area is 121 Å². The molecule has 0 aliphatic heterocycles. The van der Waals surface area contributed by atoms with Crippen LogP contribution in [0.2, 0.25) is 0 Å². The summed E-state index contributed by atoms with van der Waals surface area (Å²) in [6.07, 6.45) is 1.17. The van der Waals surface area contributed by atoms with E-state index in [1.54, 1.807) is 25.1 Å². The SMILES string of the molecule is CCCCOC(=O)COc1ccc(Br)cc1[C@H](C)O. The maximum Gasteiger partial charge on any atom is 0.344 e. The van der Waals surface area contributed by atoms with Crippen molar-refractivity contribution in [3.8, 4) is 5.75 Å². The van der Waals surface area contributed by atoms with Crippen LogP contribution in [0.1, 0.15) is 38.4 Å². The first-order valence-electron chi connectivity index (χ1n) is 6.30. The second-order valence-corrected chi connectivity index (χ2v) is 5.14. The zero-order valence-corrected chi connectivity index (χ0v) is 12.8. The van der Waals surface area contributed by atoms with Crippen LogP contribution in [0.5, 0.6) is 5.75 Å². The number of aliphatic hydroxyl groups is 1. The first-order valence-corrected chi connectivity index (χ1v) is 7.09. The van der Waals surface area contributed by atoms with E-state index in [0.29, 0.717) is 17.9 Å². The second-order valence-electron chi connectivity index (χ2n) is 4.22. The number of hydrogen-bond donors (Lipinski definition) is 1. The lowest BCUT2D eigenvalue weighted by Crippen LogP contribution is -2.16. The normalized spacial score (nSPS) is 12.0. The molecule has 1 aromatic carbocycles. The van der Waals surface area contributed by atoms with Crippen LogP contribution >= 0.6 is 15.9 Å². The number of benzene rings is 1. The molecule has 1 N–H and O–H groups in total. The Morgan fingerprint density at radius 3 is 2.84 bits per heavy atom. The van der Waals surface area contributed by atoms with Gasteiger partial charge in [0.15, 0.2) is 6.61 Å². The largest absolute Gasteiger partial charge is 0.482 e. The molecule has 0 aliphatic carbocycles. The lowest BCUT2D eigenvalue weighted by Gasteiger charge is -2.13. The van der Waals surface area contributed by atoms with Gasteiger partial charge in [-0.3, -0.25) is 0 Å². The molecule has 19 heavy (non-hydrogen) atoms. The van der Waals surface area contributed by atoms with Gasteiger partial charge < -0.3 is 14.6 Å². The molecule has 4 nitrogen and oxygen atoms in total. The molecular weight excluding hydrogens is 312 g/mol. The first kappa shape index (κ1) is 16.0. The molecule has 1 aromatic rings. The smallest absolute Gasteiger partial charge is 0.344 e. The van der Waals surface area contributed by atoms with E-state index in [1.807, 2.05) is 6.92 Å². The van der Waals surface area contributed by atoms with E-state index in [2.05, 4.69) is 15.9 Å². The minimum Gasteiger partial charge on any atom is -0.482 e. The third-order valence-corrected chi connectivity index (χ3v) is 3.02. The summed E-state index contributed by atoms with van der Waals surface area (Å²) < 4.78 is 11.2. The van der Waals surface area contributed by atoms with Crippen molar-refractivity contribution < 1.29 is 19.4 Å². The summed E-state index contributed by atoms with van der Waals surface area (Å²) in [5.41, 5.74) is 0.635. The molecule has 0 bridgehead atoms. The Morgan fingerprint density at radius 1 is 1.47 bits per heavy atom. The molecule has 0 saturated heterocycles. The molecule has 0 fully saturated rings. The van der Waals surface area contributed by atoms with Crippen LogP contribution in [0.15, 0.2) is 22.7 Å². The third-order valence-electron chi connectivity index (χ3n) is 2.53. The third kappa shape index (κ3) is 5.61. The number of esters is 1. The monoisotopic (exact) mass is 330 g/mol. The molecule has 0 amide bonds. The fraction of sp³-hybridized carbons (Fsp3) is 0.500. The van der Waals surface area contributed by atoms with Crippen molar-refractivity contribution in [2.24, 2.45) is 0 Å². The van der Waals surface area contributed by atoms with E-state index in [9.17, 15) is 9.90 Å². The summed E-state index contributed by atoms with van der Waals surface area (Å²) in [6, 6.07) is 5.28. The summed E-state index contributed by atoms with van der Waals surface area (Å²) in [7, 11) is 0. The highest BCUT2D eigenvalue weighted by atomic mass is 79.9. The van der Waals surface area contributed by atoms with E-state index in [4.69, 9.17) is 9.47 Å². The highest BCUT2D eigenvalue weighted by molar-refractivity contribution is 9.10. The Morgan fingerprint density at radius 2 is 2.21 bits per heavy atom. The van der Waals surface area contributed by atoms with Crippen molar-refractivity contribution in [2.45, 2.75) is 32.8 Å². The van der Waals surface area contributed by atoms with Gasteiger partial charge in [-0.25, -0.2) is 4.79 Å². The molecule has 5 heteroatoms. The summed E-state index contributed by atoms with van der Waals surface area (Å²) >= 11 is 3.33. The summed E-state index contributed by atoms with van der Waals surface area (Å²) in [5, 5.41) is 9.65. The lowest BCUT2D eigenvalue weighted by atomic mass is 10.1. The van der Waals surface area contributed by atoms with Gasteiger partial charge in [-0.1, -0.05) is 29.3 Å². The number of aliphatic hydroxyl groups excluding tert-OH is 1. The van der Waals surface area contributed by atoms with E-state index in [1.165, 1.54) is 0 Å². The number of ether oxygens (including phenoxy) is 2. The molecular formula is C14H19BrO4. The van der Waals surface area contributed by atoms with Gasteiger partial charge in [0.05, 0.1) is 12.7 Å². The van der Waals surface area contributed by atoms with E-state index >= 15 is 0 Å². The second kappa shape index (κ2) is 8.17. The highest BCUT2D eigenvalue weighted by Gasteiger charge is 2.12. The fourth-order valence-corrected chi connectivity index (χ4v) is 1.86. The van der Waals surface area contributed by atoms with Crippen LogP contribution in [0.25, 0.3) is 0 Å². The Kier molecular flexibility index (Phi) is 6.87. The van der Waals surface area contributed by atoms with Gasteiger partial charge in [-0.2, -0.15) is 0 Å². The van der Waals surface area contributed by atoms with E-state index in [-0.39, 0.29) is 6.61 Å². The molecule has 1 atom stereocenters. The molecule has 0 heterocycles. The summed E-state index contributed by atoms with van der Waals surface area (Å²) in [5.74, 6) is 0.0959. The van der Waals surface area contributed by atoms with Crippen LogP contribution < -0.4 is 4.74 Å². The zero-order valence-electron chi connectivity index (χ0n) is 11.2. The Balaban J connectivity index is 2.55. The number of carbonyl (C=O) groups excluding carboxylic acids is 1. The van der Waals surface area contributed by atoms with Gasteiger partial charge in [0.2, 0.25) is 0 Å². The predicted molar refractivity (Wildman–Crippen MR) is 76.1 cm³/mol. The van der Waals surface area contributed by atoms with E-state index < -0.39 is 12.1 Å². The zero-order chi connectivity index (χ0) is 14.3. The molecule has 0 spiro atoms. The maximum atomic E-state index is 11.4. The lowest BCUT2D eigenvalue weighted by molar-refractivity contribution is -0.146. The molecule has 0 aromatic heterocycles. The number of carbonyl (C=O) groups is 1. The van der Waals surface area contributed by atoms with Gasteiger partial charge in [-0.05, 0) is 31.5 Å². The van der Waals surface area contributed by atoms with Gasteiger partial charge in [0, 0.05) is 10.0 Å². The fourth-order valence-electron chi connectivity index (χ4n) is 1.49. The van der Waals surface area contributed by atoms with Gasteiger partial charge >= 0.3 is 5.97 Å². The van der Waals surface area contributed by atoms with Crippen molar-refractivity contribution in [3.05, 3.63) is 28.2 Å². The molecule has 0 saturated carbocycles.